The van der Waals surface area contributed by atoms with Crippen molar-refractivity contribution in [1.29, 1.82) is 0 Å². The second kappa shape index (κ2) is 9.45. The van der Waals surface area contributed by atoms with Crippen molar-refractivity contribution in [3.8, 4) is 0 Å². The maximum Gasteiger partial charge on any atom is 0.291 e. The molecule has 0 aliphatic heterocycles. The largest absolute Gasteiger partial charge is 0.451 e. The molecule has 3 N–H and O–H groups in total. The fourth-order valence-corrected chi connectivity index (χ4v) is 4.35. The molecular formula is C25H30N2O3. The van der Waals surface area contributed by atoms with Crippen LogP contribution in [0.2, 0.25) is 0 Å². The quantitative estimate of drug-likeness (QED) is 0.510. The second-order valence-corrected chi connectivity index (χ2v) is 8.32. The van der Waals surface area contributed by atoms with Crippen molar-refractivity contribution in [2.24, 2.45) is 5.92 Å². The Bertz CT molecular complexity index is 958. The number of carbonyl (C=O) groups excluding carboxylic acids is 1. The number of hydrogen-bond acceptors (Lipinski definition) is 4. The molecule has 0 radical (unpaired) electrons. The Morgan fingerprint density at radius 1 is 1.10 bits per heavy atom. The van der Waals surface area contributed by atoms with Crippen molar-refractivity contribution in [3.05, 3.63) is 65.9 Å². The number of aliphatic hydroxyl groups is 1. The number of benzene rings is 2. The normalized spacial score (nSPS) is 17.0. The molecule has 0 bridgehead atoms. The van der Waals surface area contributed by atoms with E-state index in [1.54, 1.807) is 6.07 Å². The van der Waals surface area contributed by atoms with Gasteiger partial charge in [0.25, 0.3) is 5.91 Å². The van der Waals surface area contributed by atoms with Gasteiger partial charge in [-0.05, 0) is 49.4 Å². The smallest absolute Gasteiger partial charge is 0.291 e. The summed E-state index contributed by atoms with van der Waals surface area (Å²) in [7, 11) is 0. The maximum absolute atomic E-state index is 12.7. The van der Waals surface area contributed by atoms with Gasteiger partial charge in [-0.3, -0.25) is 4.79 Å². The third kappa shape index (κ3) is 4.74. The van der Waals surface area contributed by atoms with Crippen molar-refractivity contribution >= 4 is 22.6 Å². The summed E-state index contributed by atoms with van der Waals surface area (Å²) in [6.07, 6.45) is 5.58. The molecule has 3 aromatic rings. The van der Waals surface area contributed by atoms with Gasteiger partial charge in [-0.1, -0.05) is 55.7 Å². The van der Waals surface area contributed by atoms with E-state index in [1.165, 1.54) is 19.3 Å². The molecule has 5 nitrogen and oxygen atoms in total. The Kier molecular flexibility index (Phi) is 6.50. The number of hydrogen-bond donors (Lipinski definition) is 3. The van der Waals surface area contributed by atoms with E-state index in [9.17, 15) is 9.90 Å². The summed E-state index contributed by atoms with van der Waals surface area (Å²) in [5, 5.41) is 18.0. The fourth-order valence-electron chi connectivity index (χ4n) is 4.35. The summed E-state index contributed by atoms with van der Waals surface area (Å²) < 4.78 is 5.68. The summed E-state index contributed by atoms with van der Waals surface area (Å²) >= 11 is 0. The van der Waals surface area contributed by atoms with Gasteiger partial charge in [-0.15, -0.1) is 0 Å². The Hall–Kier alpha value is -2.63. The van der Waals surface area contributed by atoms with Crippen molar-refractivity contribution < 1.29 is 14.3 Å². The van der Waals surface area contributed by atoms with E-state index in [4.69, 9.17) is 4.42 Å². The molecule has 0 spiro atoms. The number of fused-ring (bicyclic) bond motifs is 1. The first-order valence-corrected chi connectivity index (χ1v) is 10.9. The number of nitrogens with one attached hydrogen (secondary N) is 2. The molecular weight excluding hydrogens is 376 g/mol. The van der Waals surface area contributed by atoms with Crippen LogP contribution in [0, 0.1) is 5.92 Å². The molecule has 1 aliphatic rings. The highest BCUT2D eigenvalue weighted by molar-refractivity contribution is 6.04. The first kappa shape index (κ1) is 20.6. The fraction of sp³-hybridized carbons (Fsp3) is 0.400. The zero-order valence-electron chi connectivity index (χ0n) is 17.4. The minimum absolute atomic E-state index is 0.00719. The second-order valence-electron chi connectivity index (χ2n) is 8.32. The average molecular weight is 407 g/mol. The van der Waals surface area contributed by atoms with Crippen LogP contribution in [0.5, 0.6) is 0 Å². The van der Waals surface area contributed by atoms with Crippen LogP contribution < -0.4 is 10.6 Å². The predicted octanol–water partition coefficient (Wildman–Crippen LogP) is 5.10. The van der Waals surface area contributed by atoms with Crippen LogP contribution in [0.1, 0.15) is 55.1 Å². The SMILES string of the molecule is C[C@H](NCc1ccccc1NC(=O)c1cc2ccccc2o1)[C@H](O)C1CCCCC1. The van der Waals surface area contributed by atoms with Crippen LogP contribution in [0.4, 0.5) is 5.69 Å². The Morgan fingerprint density at radius 2 is 1.83 bits per heavy atom. The highest BCUT2D eigenvalue weighted by atomic mass is 16.3. The maximum atomic E-state index is 12.7. The minimum atomic E-state index is -0.345. The monoisotopic (exact) mass is 406 g/mol. The zero-order valence-corrected chi connectivity index (χ0v) is 17.4. The van der Waals surface area contributed by atoms with Gasteiger partial charge in [-0.25, -0.2) is 0 Å². The van der Waals surface area contributed by atoms with Crippen LogP contribution in [0.3, 0.4) is 0 Å². The Morgan fingerprint density at radius 3 is 2.63 bits per heavy atom. The summed E-state index contributed by atoms with van der Waals surface area (Å²) in [4.78, 5) is 12.7. The Labute approximate surface area is 177 Å². The minimum Gasteiger partial charge on any atom is -0.451 e. The first-order valence-electron chi connectivity index (χ1n) is 10.9. The van der Waals surface area contributed by atoms with Crippen LogP contribution >= 0.6 is 0 Å². The molecule has 2 aromatic carbocycles. The lowest BCUT2D eigenvalue weighted by molar-refractivity contribution is 0.0550. The zero-order chi connectivity index (χ0) is 20.9. The molecule has 1 aromatic heterocycles. The van der Waals surface area contributed by atoms with Gasteiger partial charge in [0.1, 0.15) is 5.58 Å². The molecule has 0 saturated heterocycles. The van der Waals surface area contributed by atoms with Gasteiger partial charge in [0.05, 0.1) is 6.10 Å². The van der Waals surface area contributed by atoms with Crippen LogP contribution in [0.15, 0.2) is 59.0 Å². The van der Waals surface area contributed by atoms with E-state index in [-0.39, 0.29) is 18.1 Å². The van der Waals surface area contributed by atoms with Gasteiger partial charge in [0.2, 0.25) is 0 Å². The van der Waals surface area contributed by atoms with Crippen LogP contribution in [-0.4, -0.2) is 23.2 Å². The molecule has 1 amide bonds. The number of amides is 1. The topological polar surface area (TPSA) is 74.5 Å². The molecule has 0 unspecified atom stereocenters. The number of para-hydroxylation sites is 2. The van der Waals surface area contributed by atoms with Crippen molar-refractivity contribution in [2.75, 3.05) is 5.32 Å². The predicted molar refractivity (Wildman–Crippen MR) is 119 cm³/mol. The van der Waals surface area contributed by atoms with Crippen molar-refractivity contribution in [1.82, 2.24) is 5.32 Å². The van der Waals surface area contributed by atoms with Crippen LogP contribution in [-0.2, 0) is 6.54 Å². The molecule has 5 heteroatoms. The summed E-state index contributed by atoms with van der Waals surface area (Å²) in [5.41, 5.74) is 2.42. The number of anilines is 1. The highest BCUT2D eigenvalue weighted by Gasteiger charge is 2.26. The summed E-state index contributed by atoms with van der Waals surface area (Å²) in [6.45, 7) is 2.61. The number of aliphatic hydroxyl groups excluding tert-OH is 1. The van der Waals surface area contributed by atoms with E-state index in [0.29, 0.717) is 23.8 Å². The number of rotatable bonds is 7. The van der Waals surface area contributed by atoms with E-state index >= 15 is 0 Å². The van der Waals surface area contributed by atoms with Gasteiger partial charge >= 0.3 is 0 Å². The van der Waals surface area contributed by atoms with Gasteiger partial charge < -0.3 is 20.2 Å². The molecule has 1 fully saturated rings. The standard InChI is InChI=1S/C25H30N2O3/c1-17(24(28)18-9-3-2-4-10-18)26-16-20-12-5-7-13-21(20)27-25(29)23-15-19-11-6-8-14-22(19)30-23/h5-8,11-15,17-18,24,26,28H,2-4,9-10,16H2,1H3,(H,27,29)/t17-,24-/m0/s1. The van der Waals surface area contributed by atoms with E-state index in [1.807, 2.05) is 55.5 Å². The van der Waals surface area contributed by atoms with E-state index in [2.05, 4.69) is 10.6 Å². The molecule has 1 aliphatic carbocycles. The molecule has 2 atom stereocenters. The average Bonchev–Trinajstić information content (AvgIpc) is 3.23. The van der Waals surface area contributed by atoms with Gasteiger partial charge in [0, 0.05) is 23.7 Å². The molecule has 4 rings (SSSR count). The molecule has 30 heavy (non-hydrogen) atoms. The lowest BCUT2D eigenvalue weighted by Crippen LogP contribution is -2.42. The van der Waals surface area contributed by atoms with Gasteiger partial charge in [0.15, 0.2) is 5.76 Å². The number of carbonyl (C=O) groups is 1. The van der Waals surface area contributed by atoms with Crippen molar-refractivity contribution in [2.45, 2.75) is 57.7 Å². The van der Waals surface area contributed by atoms with Crippen molar-refractivity contribution in [3.63, 3.8) is 0 Å². The first-order chi connectivity index (χ1) is 14.6. The molecule has 1 heterocycles. The van der Waals surface area contributed by atoms with E-state index < -0.39 is 0 Å². The lowest BCUT2D eigenvalue weighted by Gasteiger charge is -2.31. The summed E-state index contributed by atoms with van der Waals surface area (Å²) in [6, 6.07) is 17.1. The van der Waals surface area contributed by atoms with E-state index in [0.717, 1.165) is 29.5 Å². The highest BCUT2D eigenvalue weighted by Crippen LogP contribution is 2.28. The number of furan rings is 1. The third-order valence-corrected chi connectivity index (χ3v) is 6.17. The molecule has 1 saturated carbocycles. The third-order valence-electron chi connectivity index (χ3n) is 6.17. The molecule has 158 valence electrons. The lowest BCUT2D eigenvalue weighted by atomic mass is 9.83. The van der Waals surface area contributed by atoms with Gasteiger partial charge in [-0.2, -0.15) is 0 Å². The summed E-state index contributed by atoms with van der Waals surface area (Å²) in [5.74, 6) is 0.401. The van der Waals surface area contributed by atoms with Crippen LogP contribution in [0.25, 0.3) is 11.0 Å². The Balaban J connectivity index is 1.40.